The van der Waals surface area contributed by atoms with Crippen molar-refractivity contribution in [2.75, 3.05) is 23.5 Å². The molecule has 0 aliphatic rings. The highest BCUT2D eigenvalue weighted by Gasteiger charge is 2.14. The van der Waals surface area contributed by atoms with Gasteiger partial charge in [-0.05, 0) is 30.3 Å². The lowest BCUT2D eigenvalue weighted by atomic mass is 10.2. The average Bonchev–Trinajstić information content (AvgIpc) is 2.67. The Morgan fingerprint density at radius 3 is 2.44 bits per heavy atom. The quantitative estimate of drug-likeness (QED) is 0.533. The third kappa shape index (κ3) is 4.21. The van der Waals surface area contributed by atoms with Gasteiger partial charge < -0.3 is 21.1 Å². The lowest BCUT2D eigenvalue weighted by Gasteiger charge is -2.14. The Morgan fingerprint density at radius 2 is 1.74 bits per heavy atom. The highest BCUT2D eigenvalue weighted by molar-refractivity contribution is 6.42. The molecule has 0 saturated heterocycles. The summed E-state index contributed by atoms with van der Waals surface area (Å²) in [7, 11) is 1.32. The molecule has 0 fully saturated rings. The number of hydrogen-bond acceptors (Lipinski definition) is 7. The van der Waals surface area contributed by atoms with Gasteiger partial charge in [-0.3, -0.25) is 0 Å². The smallest absolute Gasteiger partial charge is 0.339 e. The van der Waals surface area contributed by atoms with E-state index in [0.717, 1.165) is 0 Å². The molecule has 0 amide bonds. The zero-order valence-electron chi connectivity index (χ0n) is 14.2. The molecule has 0 unspecified atom stereocenters. The molecule has 2 aromatic carbocycles. The Balaban J connectivity index is 1.90. The molecule has 0 radical (unpaired) electrons. The van der Waals surface area contributed by atoms with Gasteiger partial charge >= 0.3 is 5.97 Å². The van der Waals surface area contributed by atoms with Gasteiger partial charge in [-0.25, -0.2) is 14.8 Å². The number of anilines is 5. The van der Waals surface area contributed by atoms with Crippen molar-refractivity contribution in [1.29, 1.82) is 0 Å². The van der Waals surface area contributed by atoms with Gasteiger partial charge in [0, 0.05) is 5.69 Å². The minimum absolute atomic E-state index is 0.267. The highest BCUT2D eigenvalue weighted by atomic mass is 35.5. The molecule has 1 aromatic heterocycles. The van der Waals surface area contributed by atoms with E-state index in [-0.39, 0.29) is 5.69 Å². The Kier molecular flexibility index (Phi) is 5.63. The molecule has 0 bridgehead atoms. The van der Waals surface area contributed by atoms with Crippen molar-refractivity contribution < 1.29 is 9.53 Å². The van der Waals surface area contributed by atoms with Crippen LogP contribution in [-0.2, 0) is 4.74 Å². The number of nitrogens with zero attached hydrogens (tertiary/aromatic N) is 2. The van der Waals surface area contributed by atoms with Crippen molar-refractivity contribution in [3.05, 3.63) is 64.4 Å². The van der Waals surface area contributed by atoms with Crippen LogP contribution < -0.4 is 16.4 Å². The minimum Gasteiger partial charge on any atom is -0.465 e. The van der Waals surface area contributed by atoms with Crippen LogP contribution in [0.5, 0.6) is 0 Å². The van der Waals surface area contributed by atoms with E-state index in [4.69, 9.17) is 33.7 Å². The molecular formula is C18H15Cl2N5O2. The number of nitrogen functional groups attached to an aromatic ring is 1. The number of benzene rings is 2. The normalized spacial score (nSPS) is 10.3. The first-order chi connectivity index (χ1) is 13.0. The summed E-state index contributed by atoms with van der Waals surface area (Å²) < 4.78 is 4.79. The van der Waals surface area contributed by atoms with Crippen molar-refractivity contribution in [3.8, 4) is 0 Å². The number of nitrogens with two attached hydrogens (primary N) is 1. The van der Waals surface area contributed by atoms with Crippen LogP contribution in [-0.4, -0.2) is 23.0 Å². The van der Waals surface area contributed by atoms with Crippen LogP contribution >= 0.6 is 23.2 Å². The SMILES string of the molecule is COC(=O)c1ccccc1Nc1ncnc(Nc2ccc(Cl)c(Cl)c2)c1N. The van der Waals surface area contributed by atoms with Crippen molar-refractivity contribution in [3.63, 3.8) is 0 Å². The number of aromatic nitrogens is 2. The molecule has 138 valence electrons. The van der Waals surface area contributed by atoms with Crippen molar-refractivity contribution in [1.82, 2.24) is 9.97 Å². The van der Waals surface area contributed by atoms with E-state index in [1.165, 1.54) is 13.4 Å². The fraction of sp³-hybridized carbons (Fsp3) is 0.0556. The molecule has 3 rings (SSSR count). The molecule has 0 aliphatic carbocycles. The lowest BCUT2D eigenvalue weighted by Crippen LogP contribution is -2.09. The lowest BCUT2D eigenvalue weighted by molar-refractivity contribution is 0.0602. The van der Waals surface area contributed by atoms with E-state index < -0.39 is 5.97 Å². The number of hydrogen-bond donors (Lipinski definition) is 3. The van der Waals surface area contributed by atoms with Crippen LogP contribution in [0.2, 0.25) is 10.0 Å². The van der Waals surface area contributed by atoms with Crippen LogP contribution in [0, 0.1) is 0 Å². The molecule has 9 heteroatoms. The van der Waals surface area contributed by atoms with E-state index >= 15 is 0 Å². The zero-order valence-corrected chi connectivity index (χ0v) is 15.7. The standard InChI is InChI=1S/C18H15Cl2N5O2/c1-27-18(26)11-4-2-3-5-14(11)25-17-15(21)16(22-9-23-17)24-10-6-7-12(19)13(20)8-10/h2-9H,21H2,1H3,(H2,22,23,24,25). The number of ether oxygens (including phenoxy) is 1. The van der Waals surface area contributed by atoms with Gasteiger partial charge in [-0.15, -0.1) is 0 Å². The van der Waals surface area contributed by atoms with Gasteiger partial charge in [0.25, 0.3) is 0 Å². The Hall–Kier alpha value is -3.03. The monoisotopic (exact) mass is 403 g/mol. The van der Waals surface area contributed by atoms with Gasteiger partial charge in [0.15, 0.2) is 11.6 Å². The molecule has 7 nitrogen and oxygen atoms in total. The Labute approximate surface area is 165 Å². The summed E-state index contributed by atoms with van der Waals surface area (Å²) in [5.74, 6) is 0.241. The van der Waals surface area contributed by atoms with Crippen molar-refractivity contribution in [2.45, 2.75) is 0 Å². The van der Waals surface area contributed by atoms with Gasteiger partial charge in [0.2, 0.25) is 0 Å². The molecule has 0 saturated carbocycles. The third-order valence-corrected chi connectivity index (χ3v) is 4.39. The number of para-hydroxylation sites is 1. The minimum atomic E-state index is -0.472. The van der Waals surface area contributed by atoms with Crippen LogP contribution in [0.3, 0.4) is 0 Å². The number of methoxy groups -OCH3 is 1. The summed E-state index contributed by atoms with van der Waals surface area (Å²) in [6.45, 7) is 0. The predicted octanol–water partition coefficient (Wildman–Crippen LogP) is 4.64. The summed E-state index contributed by atoms with van der Waals surface area (Å²) in [6.07, 6.45) is 1.35. The van der Waals surface area contributed by atoms with Crippen LogP contribution in [0.4, 0.5) is 28.7 Å². The molecule has 0 atom stereocenters. The van der Waals surface area contributed by atoms with Crippen LogP contribution in [0.15, 0.2) is 48.8 Å². The maximum Gasteiger partial charge on any atom is 0.339 e. The number of nitrogens with one attached hydrogen (secondary N) is 2. The predicted molar refractivity (Wildman–Crippen MR) is 107 cm³/mol. The Bertz CT molecular complexity index is 997. The number of carbonyl (C=O) groups is 1. The van der Waals surface area contributed by atoms with Gasteiger partial charge in [-0.2, -0.15) is 0 Å². The first kappa shape index (κ1) is 18.8. The second-order valence-electron chi connectivity index (χ2n) is 5.40. The van der Waals surface area contributed by atoms with Gasteiger partial charge in [0.05, 0.1) is 28.4 Å². The first-order valence-electron chi connectivity index (χ1n) is 7.76. The number of carbonyl (C=O) groups excluding carboxylic acids is 1. The number of halogens is 2. The fourth-order valence-corrected chi connectivity index (χ4v) is 2.61. The summed E-state index contributed by atoms with van der Waals surface area (Å²) in [4.78, 5) is 20.2. The van der Waals surface area contributed by atoms with E-state index in [2.05, 4.69) is 20.6 Å². The molecule has 0 spiro atoms. The Morgan fingerprint density at radius 1 is 1.04 bits per heavy atom. The van der Waals surface area contributed by atoms with Crippen molar-refractivity contribution in [2.24, 2.45) is 0 Å². The molecule has 0 aliphatic heterocycles. The van der Waals surface area contributed by atoms with E-state index in [9.17, 15) is 4.79 Å². The van der Waals surface area contributed by atoms with Crippen LogP contribution in [0.25, 0.3) is 0 Å². The first-order valence-corrected chi connectivity index (χ1v) is 8.52. The van der Waals surface area contributed by atoms with E-state index in [1.807, 2.05) is 0 Å². The summed E-state index contributed by atoms with van der Waals surface area (Å²) in [5, 5.41) is 6.95. The molecule has 1 heterocycles. The molecule has 3 aromatic rings. The summed E-state index contributed by atoms with van der Waals surface area (Å²) in [6, 6.07) is 11.9. The topological polar surface area (TPSA) is 102 Å². The van der Waals surface area contributed by atoms with E-state index in [0.29, 0.717) is 38.6 Å². The second-order valence-corrected chi connectivity index (χ2v) is 6.22. The second kappa shape index (κ2) is 8.11. The molecular weight excluding hydrogens is 389 g/mol. The van der Waals surface area contributed by atoms with Gasteiger partial charge in [-0.1, -0.05) is 35.3 Å². The maximum atomic E-state index is 11.9. The van der Waals surface area contributed by atoms with Gasteiger partial charge in [0.1, 0.15) is 12.0 Å². The number of rotatable bonds is 5. The summed E-state index contributed by atoms with van der Waals surface area (Å²) >= 11 is 12.0. The maximum absolute atomic E-state index is 11.9. The van der Waals surface area contributed by atoms with Crippen molar-refractivity contribution >= 4 is 57.9 Å². The highest BCUT2D eigenvalue weighted by Crippen LogP contribution is 2.31. The molecule has 4 N–H and O–H groups in total. The average molecular weight is 404 g/mol. The summed E-state index contributed by atoms with van der Waals surface area (Å²) in [5.41, 5.74) is 7.98. The third-order valence-electron chi connectivity index (χ3n) is 3.65. The van der Waals surface area contributed by atoms with E-state index in [1.54, 1.807) is 42.5 Å². The van der Waals surface area contributed by atoms with Crippen LogP contribution in [0.1, 0.15) is 10.4 Å². The number of esters is 1. The largest absolute Gasteiger partial charge is 0.465 e. The fourth-order valence-electron chi connectivity index (χ4n) is 2.31. The zero-order chi connectivity index (χ0) is 19.4. The molecule has 27 heavy (non-hydrogen) atoms.